The van der Waals surface area contributed by atoms with Crippen molar-refractivity contribution in [3.63, 3.8) is 0 Å². The maximum absolute atomic E-state index is 4.23. The minimum atomic E-state index is 0.617. The third kappa shape index (κ3) is 2.50. The topological polar surface area (TPSA) is 21.1 Å². The van der Waals surface area contributed by atoms with Gasteiger partial charge in [-0.3, -0.25) is 4.68 Å². The van der Waals surface area contributed by atoms with Crippen LogP contribution in [0.2, 0.25) is 0 Å². The van der Waals surface area contributed by atoms with Gasteiger partial charge in [0.2, 0.25) is 0 Å². The lowest BCUT2D eigenvalue weighted by Gasteiger charge is -2.11. The molecule has 1 atom stereocenters. The van der Waals surface area contributed by atoms with Gasteiger partial charge in [-0.15, -0.1) is 0 Å². The first kappa shape index (κ1) is 13.7. The van der Waals surface area contributed by atoms with Gasteiger partial charge >= 0.3 is 0 Å². The zero-order valence-electron chi connectivity index (χ0n) is 12.5. The average Bonchev–Trinajstić information content (AvgIpc) is 2.97. The van der Waals surface area contributed by atoms with Crippen LogP contribution in [0, 0.1) is 0 Å². The van der Waals surface area contributed by atoms with Gasteiger partial charge in [-0.2, -0.15) is 5.10 Å². The fraction of sp³-hybridized carbons (Fsp3) is 0.438. The van der Waals surface area contributed by atoms with Crippen LogP contribution in [0.25, 0.3) is 11.1 Å². The number of hydrogen-bond donors (Lipinski definition) is 0. The molecule has 3 heteroatoms. The molecule has 0 amide bonds. The molecule has 1 aliphatic rings. The Morgan fingerprint density at radius 2 is 1.89 bits per heavy atom. The molecule has 0 saturated heterocycles. The minimum absolute atomic E-state index is 0.617. The molecule has 1 aliphatic heterocycles. The summed E-state index contributed by atoms with van der Waals surface area (Å²) in [6.45, 7) is 7.40. The first-order chi connectivity index (χ1) is 9.15. The Morgan fingerprint density at radius 3 is 2.53 bits per heavy atom. The van der Waals surface area contributed by atoms with Crippen LogP contribution in [0.1, 0.15) is 32.3 Å². The van der Waals surface area contributed by atoms with Gasteiger partial charge < -0.3 is 4.90 Å². The first-order valence-corrected chi connectivity index (χ1v) is 6.99. The monoisotopic (exact) mass is 257 g/mol. The van der Waals surface area contributed by atoms with Crippen LogP contribution in [-0.2, 0) is 7.05 Å². The normalized spacial score (nSPS) is 16.9. The second-order valence-electron chi connectivity index (χ2n) is 4.96. The van der Waals surface area contributed by atoms with Crippen molar-refractivity contribution >= 4 is 5.69 Å². The quantitative estimate of drug-likeness (QED) is 0.777. The molecule has 0 fully saturated rings. The third-order valence-corrected chi connectivity index (χ3v) is 3.56. The van der Waals surface area contributed by atoms with E-state index in [1.807, 2.05) is 31.8 Å². The fourth-order valence-corrected chi connectivity index (χ4v) is 2.65. The predicted molar refractivity (Wildman–Crippen MR) is 81.7 cm³/mol. The van der Waals surface area contributed by atoms with Gasteiger partial charge in [0.15, 0.2) is 0 Å². The molecule has 3 rings (SSSR count). The summed E-state index contributed by atoms with van der Waals surface area (Å²) < 4.78 is 1.85. The zero-order chi connectivity index (χ0) is 14.0. The van der Waals surface area contributed by atoms with Gasteiger partial charge in [0.25, 0.3) is 0 Å². The standard InChI is InChI=1S/C14H17N3.C2H6/c1-10-8-16(2)14-5-4-11(6-13(10)14)12-7-15-17(3)9-12;1-2/h4-7,9-10H,8H2,1-3H3;1-2H3. The van der Waals surface area contributed by atoms with E-state index in [0.717, 1.165) is 6.54 Å². The molecular formula is C16H23N3. The molecule has 1 aromatic carbocycles. The van der Waals surface area contributed by atoms with E-state index in [1.165, 1.54) is 22.4 Å². The Kier molecular flexibility index (Phi) is 3.93. The number of fused-ring (bicyclic) bond motifs is 1. The van der Waals surface area contributed by atoms with Crippen molar-refractivity contribution in [2.45, 2.75) is 26.7 Å². The van der Waals surface area contributed by atoms with Crippen molar-refractivity contribution in [1.82, 2.24) is 9.78 Å². The van der Waals surface area contributed by atoms with Crippen LogP contribution in [0.4, 0.5) is 5.69 Å². The van der Waals surface area contributed by atoms with Crippen LogP contribution >= 0.6 is 0 Å². The number of benzene rings is 1. The Morgan fingerprint density at radius 1 is 1.16 bits per heavy atom. The van der Waals surface area contributed by atoms with Crippen molar-refractivity contribution < 1.29 is 0 Å². The number of nitrogens with zero attached hydrogens (tertiary/aromatic N) is 3. The molecule has 2 heterocycles. The Balaban J connectivity index is 0.000000637. The average molecular weight is 257 g/mol. The van der Waals surface area contributed by atoms with Crippen LogP contribution in [-0.4, -0.2) is 23.4 Å². The molecule has 0 bridgehead atoms. The highest BCUT2D eigenvalue weighted by Gasteiger charge is 2.23. The molecule has 0 radical (unpaired) electrons. The lowest BCUT2D eigenvalue weighted by atomic mass is 9.99. The van der Waals surface area contributed by atoms with E-state index in [1.54, 1.807) is 0 Å². The molecule has 1 unspecified atom stereocenters. The maximum Gasteiger partial charge on any atom is 0.0568 e. The number of rotatable bonds is 1. The SMILES string of the molecule is CC.CC1CN(C)c2ccc(-c3cnn(C)c3)cc21. The van der Waals surface area contributed by atoms with Crippen LogP contribution in [0.5, 0.6) is 0 Å². The molecule has 3 nitrogen and oxygen atoms in total. The summed E-state index contributed by atoms with van der Waals surface area (Å²) in [7, 11) is 4.11. The number of aryl methyl sites for hydroxylation is 1. The lowest BCUT2D eigenvalue weighted by Crippen LogP contribution is -2.13. The molecular weight excluding hydrogens is 234 g/mol. The summed E-state index contributed by atoms with van der Waals surface area (Å²) in [6.07, 6.45) is 3.98. The molecule has 0 N–H and O–H groups in total. The van der Waals surface area contributed by atoms with Crippen molar-refractivity contribution in [1.29, 1.82) is 0 Å². The Bertz CT molecular complexity index is 557. The molecule has 0 aliphatic carbocycles. The van der Waals surface area contributed by atoms with Crippen LogP contribution in [0.3, 0.4) is 0 Å². The maximum atomic E-state index is 4.23. The van der Waals surface area contributed by atoms with E-state index in [0.29, 0.717) is 5.92 Å². The van der Waals surface area contributed by atoms with Gasteiger partial charge in [-0.25, -0.2) is 0 Å². The van der Waals surface area contributed by atoms with Gasteiger partial charge in [-0.05, 0) is 23.3 Å². The zero-order valence-corrected chi connectivity index (χ0v) is 12.5. The summed E-state index contributed by atoms with van der Waals surface area (Å²) in [5, 5.41) is 4.23. The molecule has 1 aromatic heterocycles. The molecule has 19 heavy (non-hydrogen) atoms. The van der Waals surface area contributed by atoms with E-state index >= 15 is 0 Å². The van der Waals surface area contributed by atoms with E-state index in [4.69, 9.17) is 0 Å². The highest BCUT2D eigenvalue weighted by atomic mass is 15.2. The molecule has 0 spiro atoms. The first-order valence-electron chi connectivity index (χ1n) is 6.99. The Hall–Kier alpha value is -1.77. The fourth-order valence-electron chi connectivity index (χ4n) is 2.65. The number of anilines is 1. The van der Waals surface area contributed by atoms with Crippen molar-refractivity contribution in [3.8, 4) is 11.1 Å². The summed E-state index contributed by atoms with van der Waals surface area (Å²) in [5.74, 6) is 0.617. The second kappa shape index (κ2) is 5.47. The summed E-state index contributed by atoms with van der Waals surface area (Å²) in [6, 6.07) is 6.71. The van der Waals surface area contributed by atoms with Crippen LogP contribution in [0.15, 0.2) is 30.6 Å². The highest BCUT2D eigenvalue weighted by Crippen LogP contribution is 2.37. The van der Waals surface area contributed by atoms with E-state index < -0.39 is 0 Å². The van der Waals surface area contributed by atoms with Gasteiger partial charge in [0, 0.05) is 44.0 Å². The number of likely N-dealkylation sites (N-methyl/N-ethyl adjacent to an activating group) is 1. The van der Waals surface area contributed by atoms with Crippen molar-refractivity contribution in [2.75, 3.05) is 18.5 Å². The van der Waals surface area contributed by atoms with Gasteiger partial charge in [0.1, 0.15) is 0 Å². The van der Waals surface area contributed by atoms with E-state index in [2.05, 4.69) is 48.4 Å². The van der Waals surface area contributed by atoms with E-state index in [9.17, 15) is 0 Å². The minimum Gasteiger partial charge on any atom is -0.374 e. The summed E-state index contributed by atoms with van der Waals surface area (Å²) in [4.78, 5) is 2.33. The summed E-state index contributed by atoms with van der Waals surface area (Å²) >= 11 is 0. The number of aromatic nitrogens is 2. The predicted octanol–water partition coefficient (Wildman–Crippen LogP) is 3.67. The molecule has 2 aromatic rings. The smallest absolute Gasteiger partial charge is 0.0568 e. The Labute approximate surface area is 115 Å². The van der Waals surface area contributed by atoms with Gasteiger partial charge in [-0.1, -0.05) is 26.8 Å². The van der Waals surface area contributed by atoms with Crippen molar-refractivity contribution in [3.05, 3.63) is 36.2 Å². The third-order valence-electron chi connectivity index (χ3n) is 3.56. The molecule has 102 valence electrons. The highest BCUT2D eigenvalue weighted by molar-refractivity contribution is 5.70. The van der Waals surface area contributed by atoms with Gasteiger partial charge in [0.05, 0.1) is 6.20 Å². The second-order valence-corrected chi connectivity index (χ2v) is 4.96. The largest absolute Gasteiger partial charge is 0.374 e. The van der Waals surface area contributed by atoms with Crippen LogP contribution < -0.4 is 4.90 Å². The molecule has 0 saturated carbocycles. The van der Waals surface area contributed by atoms with Crippen molar-refractivity contribution in [2.24, 2.45) is 7.05 Å². The summed E-state index contributed by atoms with van der Waals surface area (Å²) in [5.41, 5.74) is 5.27. The lowest BCUT2D eigenvalue weighted by molar-refractivity contribution is 0.768. The number of hydrogen-bond acceptors (Lipinski definition) is 2. The van der Waals surface area contributed by atoms with E-state index in [-0.39, 0.29) is 0 Å².